The highest BCUT2D eigenvalue weighted by atomic mass is 16.6. The lowest BCUT2D eigenvalue weighted by Gasteiger charge is -1.98. The van der Waals surface area contributed by atoms with Crippen LogP contribution in [0.25, 0.3) is 22.2 Å². The molecule has 0 radical (unpaired) electrons. The first-order valence-corrected chi connectivity index (χ1v) is 6.02. The number of carboxylic acid groups (broad SMARTS) is 1. The molecule has 0 atom stereocenters. The topological polar surface area (TPSA) is 109 Å². The average molecular weight is 283 g/mol. The van der Waals surface area contributed by atoms with Crippen LogP contribution in [-0.4, -0.2) is 26.2 Å². The second-order valence-electron chi connectivity index (χ2n) is 4.44. The zero-order valence-corrected chi connectivity index (χ0v) is 10.6. The number of non-ortho nitro benzene ring substituents is 1. The lowest BCUT2D eigenvalue weighted by Crippen LogP contribution is -1.94. The van der Waals surface area contributed by atoms with E-state index in [-0.39, 0.29) is 11.3 Å². The molecule has 1 heterocycles. The maximum atomic E-state index is 10.9. The number of benzene rings is 2. The summed E-state index contributed by atoms with van der Waals surface area (Å²) in [7, 11) is 0. The van der Waals surface area contributed by atoms with Gasteiger partial charge in [0.1, 0.15) is 0 Å². The number of nitrogens with zero attached hydrogens (tertiary/aromatic N) is 2. The first kappa shape index (κ1) is 12.8. The number of carboxylic acids is 1. The van der Waals surface area contributed by atoms with Crippen molar-refractivity contribution in [3.63, 3.8) is 0 Å². The molecule has 21 heavy (non-hydrogen) atoms. The second-order valence-corrected chi connectivity index (χ2v) is 4.44. The van der Waals surface area contributed by atoms with E-state index in [4.69, 9.17) is 5.11 Å². The number of fused-ring (bicyclic) bond motifs is 1. The summed E-state index contributed by atoms with van der Waals surface area (Å²) < 4.78 is 0. The van der Waals surface area contributed by atoms with Crippen LogP contribution in [0.3, 0.4) is 0 Å². The van der Waals surface area contributed by atoms with Gasteiger partial charge in [-0.3, -0.25) is 15.2 Å². The van der Waals surface area contributed by atoms with E-state index in [1.165, 1.54) is 24.3 Å². The molecule has 104 valence electrons. The van der Waals surface area contributed by atoms with Crippen molar-refractivity contribution in [1.29, 1.82) is 0 Å². The van der Waals surface area contributed by atoms with Gasteiger partial charge in [0.2, 0.25) is 0 Å². The molecule has 0 fully saturated rings. The molecule has 3 rings (SSSR count). The zero-order valence-electron chi connectivity index (χ0n) is 10.6. The molecule has 0 saturated heterocycles. The van der Waals surface area contributed by atoms with Crippen LogP contribution in [0, 0.1) is 10.1 Å². The molecular weight excluding hydrogens is 274 g/mol. The normalized spacial score (nSPS) is 10.7. The Morgan fingerprint density at radius 3 is 2.52 bits per heavy atom. The van der Waals surface area contributed by atoms with Gasteiger partial charge in [-0.25, -0.2) is 4.79 Å². The Hall–Kier alpha value is -3.22. The number of nitro groups is 1. The van der Waals surface area contributed by atoms with Gasteiger partial charge in [-0.2, -0.15) is 5.10 Å². The van der Waals surface area contributed by atoms with Crippen LogP contribution < -0.4 is 0 Å². The van der Waals surface area contributed by atoms with Crippen LogP contribution in [0.4, 0.5) is 5.69 Å². The number of hydrogen-bond donors (Lipinski definition) is 2. The minimum Gasteiger partial charge on any atom is -0.478 e. The molecule has 2 aromatic carbocycles. The first-order valence-electron chi connectivity index (χ1n) is 6.02. The summed E-state index contributed by atoms with van der Waals surface area (Å²) in [5.41, 5.74) is 2.11. The third kappa shape index (κ3) is 2.20. The summed E-state index contributed by atoms with van der Waals surface area (Å²) >= 11 is 0. The van der Waals surface area contributed by atoms with Gasteiger partial charge >= 0.3 is 5.97 Å². The van der Waals surface area contributed by atoms with Crippen LogP contribution >= 0.6 is 0 Å². The van der Waals surface area contributed by atoms with Crippen molar-refractivity contribution in [3.05, 3.63) is 58.1 Å². The van der Waals surface area contributed by atoms with E-state index in [0.29, 0.717) is 11.2 Å². The van der Waals surface area contributed by atoms with Crippen LogP contribution in [0.2, 0.25) is 0 Å². The summed E-state index contributed by atoms with van der Waals surface area (Å²) in [4.78, 5) is 21.1. The number of rotatable bonds is 3. The number of carbonyl (C=O) groups is 1. The monoisotopic (exact) mass is 283 g/mol. The van der Waals surface area contributed by atoms with E-state index in [1.54, 1.807) is 18.2 Å². The van der Waals surface area contributed by atoms with Gasteiger partial charge in [-0.1, -0.05) is 0 Å². The molecule has 0 bridgehead atoms. The number of aromatic nitrogens is 2. The van der Waals surface area contributed by atoms with Gasteiger partial charge < -0.3 is 5.11 Å². The maximum absolute atomic E-state index is 10.9. The van der Waals surface area contributed by atoms with E-state index >= 15 is 0 Å². The summed E-state index contributed by atoms with van der Waals surface area (Å²) in [5.74, 6) is -1.01. The van der Waals surface area contributed by atoms with Crippen molar-refractivity contribution in [3.8, 4) is 11.3 Å². The summed E-state index contributed by atoms with van der Waals surface area (Å²) in [6.45, 7) is 0. The fraction of sp³-hybridized carbons (Fsp3) is 0. The molecule has 7 heteroatoms. The molecule has 0 aliphatic rings. The first-order chi connectivity index (χ1) is 10.1. The highest BCUT2D eigenvalue weighted by Gasteiger charge is 2.12. The van der Waals surface area contributed by atoms with Crippen LogP contribution in [0.1, 0.15) is 10.4 Å². The lowest BCUT2D eigenvalue weighted by molar-refractivity contribution is -0.384. The lowest BCUT2D eigenvalue weighted by atomic mass is 10.1. The molecule has 0 saturated carbocycles. The molecule has 0 amide bonds. The number of hydrogen-bond acceptors (Lipinski definition) is 4. The van der Waals surface area contributed by atoms with Crippen molar-refractivity contribution in [2.45, 2.75) is 0 Å². The van der Waals surface area contributed by atoms with Gasteiger partial charge in [0.05, 0.1) is 21.7 Å². The molecule has 1 aromatic heterocycles. The van der Waals surface area contributed by atoms with Crippen molar-refractivity contribution >= 4 is 22.6 Å². The zero-order chi connectivity index (χ0) is 15.0. The van der Waals surface area contributed by atoms with Gasteiger partial charge in [0.15, 0.2) is 0 Å². The van der Waals surface area contributed by atoms with Gasteiger partial charge in [0.25, 0.3) is 5.69 Å². The summed E-state index contributed by atoms with van der Waals surface area (Å²) in [6.07, 6.45) is 0. The predicted octanol–water partition coefficient (Wildman–Crippen LogP) is 2.84. The van der Waals surface area contributed by atoms with E-state index in [9.17, 15) is 14.9 Å². The highest BCUT2D eigenvalue weighted by Crippen LogP contribution is 2.28. The largest absolute Gasteiger partial charge is 0.478 e. The quantitative estimate of drug-likeness (QED) is 0.567. The summed E-state index contributed by atoms with van der Waals surface area (Å²) in [5, 5.41) is 27.3. The second kappa shape index (κ2) is 4.71. The SMILES string of the molecule is O=C(O)c1ccc2c(-c3ccc([N+](=O)[O-])cc3)n[nH]c2c1. The smallest absolute Gasteiger partial charge is 0.335 e. The van der Waals surface area contributed by atoms with Crippen LogP contribution in [0.5, 0.6) is 0 Å². The van der Waals surface area contributed by atoms with Crippen LogP contribution in [-0.2, 0) is 0 Å². The van der Waals surface area contributed by atoms with E-state index in [1.807, 2.05) is 0 Å². The van der Waals surface area contributed by atoms with Gasteiger partial charge in [-0.05, 0) is 30.3 Å². The Bertz CT molecular complexity index is 852. The highest BCUT2D eigenvalue weighted by molar-refractivity contribution is 5.98. The third-order valence-electron chi connectivity index (χ3n) is 3.16. The van der Waals surface area contributed by atoms with E-state index in [0.717, 1.165) is 10.9 Å². The molecule has 0 aliphatic heterocycles. The van der Waals surface area contributed by atoms with Crippen molar-refractivity contribution in [1.82, 2.24) is 10.2 Å². The minimum absolute atomic E-state index is 0.00625. The molecule has 3 aromatic rings. The number of aromatic carboxylic acids is 1. The number of nitro benzene ring substituents is 1. The van der Waals surface area contributed by atoms with Gasteiger partial charge in [-0.15, -0.1) is 0 Å². The molecule has 0 aliphatic carbocycles. The van der Waals surface area contributed by atoms with Crippen LogP contribution in [0.15, 0.2) is 42.5 Å². The van der Waals surface area contributed by atoms with Crippen molar-refractivity contribution in [2.75, 3.05) is 0 Å². The molecular formula is C14H9N3O4. The molecule has 7 nitrogen and oxygen atoms in total. The van der Waals surface area contributed by atoms with E-state index < -0.39 is 10.9 Å². The Morgan fingerprint density at radius 2 is 1.90 bits per heavy atom. The third-order valence-corrected chi connectivity index (χ3v) is 3.16. The maximum Gasteiger partial charge on any atom is 0.335 e. The Morgan fingerprint density at radius 1 is 1.19 bits per heavy atom. The Kier molecular flexibility index (Phi) is 2.87. The Labute approximate surface area is 118 Å². The molecule has 2 N–H and O–H groups in total. The van der Waals surface area contributed by atoms with E-state index in [2.05, 4.69) is 10.2 Å². The number of H-pyrrole nitrogens is 1. The standard InChI is InChI=1S/C14H9N3O4/c18-14(19)9-3-6-11-12(7-9)15-16-13(11)8-1-4-10(5-2-8)17(20)21/h1-7H,(H,15,16)(H,18,19). The fourth-order valence-corrected chi connectivity index (χ4v) is 2.11. The van der Waals surface area contributed by atoms with Crippen molar-refractivity contribution in [2.24, 2.45) is 0 Å². The minimum atomic E-state index is -1.01. The number of nitrogens with one attached hydrogen (secondary N) is 1. The predicted molar refractivity (Wildman–Crippen MR) is 75.1 cm³/mol. The van der Waals surface area contributed by atoms with Crippen molar-refractivity contribution < 1.29 is 14.8 Å². The average Bonchev–Trinajstić information content (AvgIpc) is 2.90. The molecule has 0 unspecified atom stereocenters. The molecule has 0 spiro atoms. The number of aromatic amines is 1. The summed E-state index contributed by atoms with van der Waals surface area (Å²) in [6, 6.07) is 10.7. The van der Waals surface area contributed by atoms with Gasteiger partial charge in [0, 0.05) is 23.1 Å². The Balaban J connectivity index is 2.08. The fourth-order valence-electron chi connectivity index (χ4n) is 2.11.